The van der Waals surface area contributed by atoms with Crippen LogP contribution in [0.15, 0.2) is 34.8 Å². The van der Waals surface area contributed by atoms with Gasteiger partial charge in [-0.25, -0.2) is 0 Å². The van der Waals surface area contributed by atoms with E-state index in [2.05, 4.69) is 40.3 Å². The first-order valence-electron chi connectivity index (χ1n) is 4.45. The molecule has 1 rings (SSSR count). The highest BCUT2D eigenvalue weighted by Crippen LogP contribution is 2.22. The molecule has 1 aromatic carbocycles. The predicted octanol–water partition coefficient (Wildman–Crippen LogP) is 3.96. The first kappa shape index (κ1) is 11.6. The van der Waals surface area contributed by atoms with E-state index in [4.69, 9.17) is 11.6 Å². The van der Waals surface area contributed by atoms with Crippen molar-refractivity contribution in [3.8, 4) is 0 Å². The summed E-state index contributed by atoms with van der Waals surface area (Å²) in [5.41, 5.74) is 2.36. The monoisotopic (exact) mass is 273 g/mol. The van der Waals surface area contributed by atoms with E-state index < -0.39 is 0 Å². The zero-order chi connectivity index (χ0) is 10.4. The molecule has 0 unspecified atom stereocenters. The smallest absolute Gasteiger partial charge is 0.0489 e. The molecule has 76 valence electrons. The van der Waals surface area contributed by atoms with E-state index >= 15 is 0 Å². The second kappa shape index (κ2) is 6.10. The number of rotatable bonds is 4. The molecule has 3 heteroatoms. The third kappa shape index (κ3) is 3.72. The molecule has 0 aromatic heterocycles. The van der Waals surface area contributed by atoms with Crippen LogP contribution in [0.2, 0.25) is 0 Å². The molecule has 1 nitrogen and oxygen atoms in total. The highest BCUT2D eigenvalue weighted by molar-refractivity contribution is 9.10. The van der Waals surface area contributed by atoms with E-state index in [1.165, 1.54) is 5.56 Å². The number of hydrogen-bond acceptors (Lipinski definition) is 1. The number of aryl methyl sites for hydroxylation is 1. The highest BCUT2D eigenvalue weighted by Gasteiger charge is 1.96. The molecule has 0 saturated carbocycles. The van der Waals surface area contributed by atoms with E-state index in [0.717, 1.165) is 16.7 Å². The van der Waals surface area contributed by atoms with Gasteiger partial charge in [0, 0.05) is 22.6 Å². The Hall–Kier alpha value is -0.470. The zero-order valence-corrected chi connectivity index (χ0v) is 10.4. The standard InChI is InChI=1S/C11H13BrClN/c1-9-4-5-10(12)11(8-9)14-7-3-2-6-13/h2-5,8,14H,6-7H2,1H3/b3-2+. The summed E-state index contributed by atoms with van der Waals surface area (Å²) in [5, 5.41) is 3.30. The van der Waals surface area contributed by atoms with Crippen molar-refractivity contribution in [1.82, 2.24) is 0 Å². The number of allylic oxidation sites excluding steroid dienone is 1. The molecule has 0 saturated heterocycles. The van der Waals surface area contributed by atoms with E-state index in [0.29, 0.717) is 5.88 Å². The van der Waals surface area contributed by atoms with Crippen LogP contribution in [-0.4, -0.2) is 12.4 Å². The maximum atomic E-state index is 5.52. The van der Waals surface area contributed by atoms with Gasteiger partial charge >= 0.3 is 0 Å². The first-order valence-corrected chi connectivity index (χ1v) is 5.78. The summed E-state index contributed by atoms with van der Waals surface area (Å²) in [6.07, 6.45) is 3.94. The van der Waals surface area contributed by atoms with Crippen LogP contribution >= 0.6 is 27.5 Å². The van der Waals surface area contributed by atoms with Crippen molar-refractivity contribution >= 4 is 33.2 Å². The predicted molar refractivity (Wildman–Crippen MR) is 67.2 cm³/mol. The Morgan fingerprint density at radius 1 is 1.43 bits per heavy atom. The van der Waals surface area contributed by atoms with Gasteiger partial charge in [-0.15, -0.1) is 11.6 Å². The van der Waals surface area contributed by atoms with E-state index in [1.54, 1.807) is 0 Å². The molecular weight excluding hydrogens is 261 g/mol. The normalized spacial score (nSPS) is 10.8. The average molecular weight is 275 g/mol. The summed E-state index contributed by atoms with van der Waals surface area (Å²) >= 11 is 9.00. The largest absolute Gasteiger partial charge is 0.381 e. The van der Waals surface area contributed by atoms with Gasteiger partial charge in [0.05, 0.1) is 0 Å². The molecule has 0 aliphatic heterocycles. The second-order valence-corrected chi connectivity index (χ2v) is 4.15. The summed E-state index contributed by atoms with van der Waals surface area (Å²) < 4.78 is 1.09. The number of anilines is 1. The Labute approximate surface area is 98.3 Å². The van der Waals surface area contributed by atoms with Gasteiger partial charge in [-0.3, -0.25) is 0 Å². The van der Waals surface area contributed by atoms with Crippen LogP contribution in [0.25, 0.3) is 0 Å². The van der Waals surface area contributed by atoms with Crippen LogP contribution in [0.5, 0.6) is 0 Å². The molecule has 1 aromatic rings. The van der Waals surface area contributed by atoms with Crippen molar-refractivity contribution < 1.29 is 0 Å². The lowest BCUT2D eigenvalue weighted by Gasteiger charge is -2.06. The summed E-state index contributed by atoms with van der Waals surface area (Å²) in [6.45, 7) is 2.88. The minimum Gasteiger partial charge on any atom is -0.381 e. The molecule has 0 bridgehead atoms. The lowest BCUT2D eigenvalue weighted by Crippen LogP contribution is -1.99. The molecule has 0 aliphatic carbocycles. The second-order valence-electron chi connectivity index (χ2n) is 2.99. The van der Waals surface area contributed by atoms with Crippen LogP contribution in [0.1, 0.15) is 5.56 Å². The SMILES string of the molecule is Cc1ccc(Br)c(NC/C=C/CCl)c1. The maximum Gasteiger partial charge on any atom is 0.0489 e. The van der Waals surface area contributed by atoms with Crippen molar-refractivity contribution in [3.63, 3.8) is 0 Å². The lowest BCUT2D eigenvalue weighted by atomic mass is 10.2. The van der Waals surface area contributed by atoms with Crippen molar-refractivity contribution in [2.24, 2.45) is 0 Å². The molecule has 0 heterocycles. The van der Waals surface area contributed by atoms with Gasteiger partial charge in [-0.05, 0) is 40.5 Å². The topological polar surface area (TPSA) is 12.0 Å². The molecule has 0 radical (unpaired) electrons. The molecule has 0 amide bonds. The summed E-state index contributed by atoms with van der Waals surface area (Å²) in [6, 6.07) is 6.23. The van der Waals surface area contributed by atoms with Gasteiger partial charge in [0.1, 0.15) is 0 Å². The fourth-order valence-corrected chi connectivity index (χ4v) is 1.60. The number of halogens is 2. The Morgan fingerprint density at radius 3 is 2.93 bits per heavy atom. The van der Waals surface area contributed by atoms with Crippen LogP contribution in [0.4, 0.5) is 5.69 Å². The Kier molecular flexibility index (Phi) is 5.05. The molecule has 14 heavy (non-hydrogen) atoms. The third-order valence-electron chi connectivity index (χ3n) is 1.79. The van der Waals surface area contributed by atoms with Gasteiger partial charge in [-0.2, -0.15) is 0 Å². The van der Waals surface area contributed by atoms with Crippen molar-refractivity contribution in [1.29, 1.82) is 0 Å². The lowest BCUT2D eigenvalue weighted by molar-refractivity contribution is 1.30. The minimum atomic E-state index is 0.566. The fourth-order valence-electron chi connectivity index (χ4n) is 1.09. The number of nitrogens with one attached hydrogen (secondary N) is 1. The maximum absolute atomic E-state index is 5.52. The Morgan fingerprint density at radius 2 is 2.21 bits per heavy atom. The molecule has 0 fully saturated rings. The van der Waals surface area contributed by atoms with Crippen molar-refractivity contribution in [2.45, 2.75) is 6.92 Å². The van der Waals surface area contributed by atoms with Crippen LogP contribution in [0.3, 0.4) is 0 Å². The third-order valence-corrected chi connectivity index (χ3v) is 2.66. The van der Waals surface area contributed by atoms with Crippen molar-refractivity contribution in [2.75, 3.05) is 17.7 Å². The van der Waals surface area contributed by atoms with Crippen LogP contribution < -0.4 is 5.32 Å². The van der Waals surface area contributed by atoms with Gasteiger partial charge in [0.15, 0.2) is 0 Å². The van der Waals surface area contributed by atoms with E-state index in [9.17, 15) is 0 Å². The van der Waals surface area contributed by atoms with E-state index in [1.807, 2.05) is 18.2 Å². The van der Waals surface area contributed by atoms with E-state index in [-0.39, 0.29) is 0 Å². The molecule has 0 aliphatic rings. The number of hydrogen-bond donors (Lipinski definition) is 1. The molecule has 0 atom stereocenters. The number of alkyl halides is 1. The Bertz CT molecular complexity index is 323. The summed E-state index contributed by atoms with van der Waals surface area (Å²) in [4.78, 5) is 0. The van der Waals surface area contributed by atoms with Gasteiger partial charge in [0.25, 0.3) is 0 Å². The molecular formula is C11H13BrClN. The summed E-state index contributed by atoms with van der Waals surface area (Å²) in [7, 11) is 0. The minimum absolute atomic E-state index is 0.566. The first-order chi connectivity index (χ1) is 6.74. The van der Waals surface area contributed by atoms with Gasteiger partial charge in [-0.1, -0.05) is 18.2 Å². The van der Waals surface area contributed by atoms with Crippen molar-refractivity contribution in [3.05, 3.63) is 40.4 Å². The van der Waals surface area contributed by atoms with Gasteiger partial charge < -0.3 is 5.32 Å². The highest BCUT2D eigenvalue weighted by atomic mass is 79.9. The van der Waals surface area contributed by atoms with Gasteiger partial charge in [0.2, 0.25) is 0 Å². The fraction of sp³-hybridized carbons (Fsp3) is 0.273. The zero-order valence-electron chi connectivity index (χ0n) is 8.06. The van der Waals surface area contributed by atoms with Crippen LogP contribution in [0, 0.1) is 6.92 Å². The quantitative estimate of drug-likeness (QED) is 0.647. The Balaban J connectivity index is 2.57. The van der Waals surface area contributed by atoms with Crippen LogP contribution in [-0.2, 0) is 0 Å². The number of benzene rings is 1. The molecule has 1 N–H and O–H groups in total. The molecule has 0 spiro atoms. The average Bonchev–Trinajstić information content (AvgIpc) is 2.18. The summed E-state index contributed by atoms with van der Waals surface area (Å²) in [5.74, 6) is 0.566.